The molecule has 0 saturated carbocycles. The molecule has 10 nitrogen and oxygen atoms in total. The lowest BCUT2D eigenvalue weighted by atomic mass is 9.90. The van der Waals surface area contributed by atoms with E-state index in [1.165, 1.54) is 11.3 Å². The second kappa shape index (κ2) is 9.76. The number of carbonyl (C=O) groups is 1. The summed E-state index contributed by atoms with van der Waals surface area (Å²) in [4.78, 5) is 27.9. The van der Waals surface area contributed by atoms with E-state index in [9.17, 15) is 9.90 Å². The third-order valence-electron chi connectivity index (χ3n) is 6.38. The van der Waals surface area contributed by atoms with Crippen molar-refractivity contribution in [1.82, 2.24) is 29.6 Å². The number of hydrogen-bond donors (Lipinski definition) is 2. The minimum atomic E-state index is -1.50. The first-order valence-electron chi connectivity index (χ1n) is 11.5. The molecule has 1 aliphatic rings. The zero-order valence-corrected chi connectivity index (χ0v) is 21.1. The normalized spacial score (nSPS) is 18.6. The second-order valence-electron chi connectivity index (χ2n) is 8.75. The summed E-state index contributed by atoms with van der Waals surface area (Å²) in [7, 11) is 5.23. The van der Waals surface area contributed by atoms with E-state index in [-0.39, 0.29) is 11.9 Å². The molecule has 2 N–H and O–H groups in total. The molecule has 186 valence electrons. The average Bonchev–Trinajstić information content (AvgIpc) is 3.61. The number of aliphatic hydroxyl groups is 1. The second-order valence-corrected chi connectivity index (χ2v) is 9.61. The van der Waals surface area contributed by atoms with Gasteiger partial charge < -0.3 is 20.1 Å². The zero-order chi connectivity index (χ0) is 25.3. The number of rotatable bonds is 8. The number of aromatic nitrogens is 5. The van der Waals surface area contributed by atoms with Crippen molar-refractivity contribution in [3.05, 3.63) is 65.4 Å². The van der Waals surface area contributed by atoms with Gasteiger partial charge in [-0.1, -0.05) is 18.2 Å². The van der Waals surface area contributed by atoms with Crippen LogP contribution >= 0.6 is 11.3 Å². The first-order valence-corrected chi connectivity index (χ1v) is 12.4. The fourth-order valence-corrected chi connectivity index (χ4v) is 5.18. The number of benzene rings is 1. The number of likely N-dealkylation sites (tertiary alicyclic amines) is 1. The fourth-order valence-electron chi connectivity index (χ4n) is 4.38. The number of carbonyl (C=O) groups excluding carboxylic acids is 1. The first kappa shape index (κ1) is 24.0. The number of anilines is 1. The standard InChI is InChI=1S/C25H27N7O3S/c1-31-12-9-25(34,23(31)33)17-6-4-5-16(13-17)20-15-36-22(28-20)18-7-10-26-24(29-18)30-19(14-35-3)21-8-11-27-32(21)2/h4-8,10-11,13,15,19,34H,9,12,14H2,1-3H3,(H,26,29,30). The van der Waals surface area contributed by atoms with Crippen LogP contribution in [0.1, 0.15) is 23.7 Å². The zero-order valence-electron chi connectivity index (χ0n) is 20.3. The third kappa shape index (κ3) is 4.48. The van der Waals surface area contributed by atoms with E-state index in [1.807, 2.05) is 42.8 Å². The van der Waals surface area contributed by atoms with Gasteiger partial charge in [0, 0.05) is 57.5 Å². The van der Waals surface area contributed by atoms with Crippen molar-refractivity contribution in [1.29, 1.82) is 0 Å². The maximum atomic E-state index is 12.5. The van der Waals surface area contributed by atoms with Crippen molar-refractivity contribution in [2.45, 2.75) is 18.1 Å². The highest BCUT2D eigenvalue weighted by Gasteiger charge is 2.45. The number of nitrogens with zero attached hydrogens (tertiary/aromatic N) is 6. The van der Waals surface area contributed by atoms with E-state index in [2.05, 4.69) is 20.4 Å². The van der Waals surface area contributed by atoms with Crippen LogP contribution in [0.2, 0.25) is 0 Å². The Kier molecular flexibility index (Phi) is 6.52. The summed E-state index contributed by atoms with van der Waals surface area (Å²) in [6.45, 7) is 0.950. The molecule has 0 aliphatic carbocycles. The van der Waals surface area contributed by atoms with Crippen LogP contribution < -0.4 is 5.32 Å². The molecular formula is C25H27N7O3S. The van der Waals surface area contributed by atoms with Gasteiger partial charge in [-0.05, 0) is 23.8 Å². The number of thiazole rings is 1. The number of amides is 1. The monoisotopic (exact) mass is 505 g/mol. The number of nitrogens with one attached hydrogen (secondary N) is 1. The highest BCUT2D eigenvalue weighted by Crippen LogP contribution is 2.35. The van der Waals surface area contributed by atoms with E-state index >= 15 is 0 Å². The molecule has 1 fully saturated rings. The topological polar surface area (TPSA) is 118 Å². The van der Waals surface area contributed by atoms with Crippen molar-refractivity contribution >= 4 is 23.2 Å². The van der Waals surface area contributed by atoms with Gasteiger partial charge in [-0.3, -0.25) is 9.48 Å². The van der Waals surface area contributed by atoms with Gasteiger partial charge in [-0.25, -0.2) is 15.0 Å². The number of hydrogen-bond acceptors (Lipinski definition) is 9. The van der Waals surface area contributed by atoms with Gasteiger partial charge >= 0.3 is 0 Å². The number of aryl methyl sites for hydroxylation is 1. The molecular weight excluding hydrogens is 478 g/mol. The molecule has 36 heavy (non-hydrogen) atoms. The maximum Gasteiger partial charge on any atom is 0.258 e. The largest absolute Gasteiger partial charge is 0.382 e. The maximum absolute atomic E-state index is 12.5. The van der Waals surface area contributed by atoms with E-state index in [0.29, 0.717) is 36.8 Å². The van der Waals surface area contributed by atoms with Gasteiger partial charge in [0.2, 0.25) is 5.95 Å². The highest BCUT2D eigenvalue weighted by molar-refractivity contribution is 7.13. The van der Waals surface area contributed by atoms with Gasteiger partial charge in [0.1, 0.15) is 10.7 Å². The lowest BCUT2D eigenvalue weighted by Crippen LogP contribution is -2.36. The number of likely N-dealkylation sites (N-methyl/N-ethyl adjacent to an activating group) is 1. The van der Waals surface area contributed by atoms with Crippen LogP contribution in [0.3, 0.4) is 0 Å². The molecule has 2 atom stereocenters. The van der Waals surface area contributed by atoms with Gasteiger partial charge in [0.15, 0.2) is 5.60 Å². The molecule has 0 spiro atoms. The van der Waals surface area contributed by atoms with Crippen molar-refractivity contribution in [2.24, 2.45) is 7.05 Å². The Morgan fingerprint density at radius 2 is 2.06 bits per heavy atom. The predicted octanol–water partition coefficient (Wildman–Crippen LogP) is 2.85. The highest BCUT2D eigenvalue weighted by atomic mass is 32.1. The Hall–Kier alpha value is -3.67. The van der Waals surface area contributed by atoms with Crippen molar-refractivity contribution in [2.75, 3.05) is 32.6 Å². The number of methoxy groups -OCH3 is 1. The molecule has 4 aromatic rings. The van der Waals surface area contributed by atoms with Crippen LogP contribution in [0.5, 0.6) is 0 Å². The van der Waals surface area contributed by atoms with Crippen molar-refractivity contribution < 1.29 is 14.6 Å². The molecule has 1 aromatic carbocycles. The molecule has 3 aromatic heterocycles. The lowest BCUT2D eigenvalue weighted by Gasteiger charge is -2.21. The summed E-state index contributed by atoms with van der Waals surface area (Å²) in [6.07, 6.45) is 3.80. The minimum Gasteiger partial charge on any atom is -0.382 e. The van der Waals surface area contributed by atoms with Gasteiger partial charge in [-0.15, -0.1) is 11.3 Å². The van der Waals surface area contributed by atoms with Gasteiger partial charge in [0.05, 0.1) is 24.0 Å². The Labute approximate surface area is 212 Å². The predicted molar refractivity (Wildman–Crippen MR) is 136 cm³/mol. The van der Waals surface area contributed by atoms with Gasteiger partial charge in [0.25, 0.3) is 5.91 Å². The summed E-state index contributed by atoms with van der Waals surface area (Å²) in [6, 6.07) is 11.0. The average molecular weight is 506 g/mol. The van der Waals surface area contributed by atoms with Crippen molar-refractivity contribution in [3.63, 3.8) is 0 Å². The quantitative estimate of drug-likeness (QED) is 0.375. The minimum absolute atomic E-state index is 0.171. The molecule has 1 aliphatic heterocycles. The van der Waals surface area contributed by atoms with Crippen LogP contribution in [0.25, 0.3) is 22.0 Å². The SMILES string of the molecule is COCC(Nc1nccc(-c2nc(-c3cccc(C4(O)CCN(C)C4=O)c3)cs2)n1)c1ccnn1C. The van der Waals surface area contributed by atoms with Crippen LogP contribution in [-0.4, -0.2) is 68.0 Å². The first-order chi connectivity index (χ1) is 17.4. The van der Waals surface area contributed by atoms with E-state index in [4.69, 9.17) is 9.72 Å². The molecule has 5 rings (SSSR count). The Morgan fingerprint density at radius 1 is 1.19 bits per heavy atom. The molecule has 1 amide bonds. The van der Waals surface area contributed by atoms with E-state index < -0.39 is 5.60 Å². The molecule has 2 unspecified atom stereocenters. The Bertz CT molecular complexity index is 1390. The molecule has 0 bridgehead atoms. The van der Waals surface area contributed by atoms with Crippen LogP contribution in [0, 0.1) is 0 Å². The molecule has 4 heterocycles. The molecule has 11 heteroatoms. The summed E-state index contributed by atoms with van der Waals surface area (Å²) in [5, 5.41) is 21.3. The summed E-state index contributed by atoms with van der Waals surface area (Å²) in [5.74, 6) is 0.179. The fraction of sp³-hybridized carbons (Fsp3) is 0.320. The lowest BCUT2D eigenvalue weighted by molar-refractivity contribution is -0.143. The van der Waals surface area contributed by atoms with E-state index in [1.54, 1.807) is 42.2 Å². The Morgan fingerprint density at radius 3 is 2.78 bits per heavy atom. The summed E-state index contributed by atoms with van der Waals surface area (Å²) < 4.78 is 7.16. The van der Waals surface area contributed by atoms with Crippen LogP contribution in [0.15, 0.2) is 54.2 Å². The smallest absolute Gasteiger partial charge is 0.258 e. The Balaban J connectivity index is 1.39. The van der Waals surface area contributed by atoms with E-state index in [0.717, 1.165) is 22.0 Å². The summed E-state index contributed by atoms with van der Waals surface area (Å²) >= 11 is 1.47. The summed E-state index contributed by atoms with van der Waals surface area (Å²) in [5.41, 5.74) is 2.30. The van der Waals surface area contributed by atoms with Gasteiger partial charge in [-0.2, -0.15) is 5.10 Å². The van der Waals surface area contributed by atoms with Crippen LogP contribution in [0.4, 0.5) is 5.95 Å². The molecule has 0 radical (unpaired) electrons. The molecule has 1 saturated heterocycles. The van der Waals surface area contributed by atoms with Crippen LogP contribution in [-0.2, 0) is 22.2 Å². The third-order valence-corrected chi connectivity index (χ3v) is 7.24. The van der Waals surface area contributed by atoms with Crippen molar-refractivity contribution in [3.8, 4) is 22.0 Å². The number of ether oxygens (including phenoxy) is 1.